The monoisotopic (exact) mass is 529 g/mol. The second-order valence-corrected chi connectivity index (χ2v) is 10.2. The molecule has 0 saturated carbocycles. The molecule has 1 aliphatic heterocycles. The average molecular weight is 530 g/mol. The van der Waals surface area contributed by atoms with Gasteiger partial charge in [0.2, 0.25) is 0 Å². The zero-order valence-corrected chi connectivity index (χ0v) is 21.0. The minimum Gasteiger partial charge on any atom is -0.462 e. The Morgan fingerprint density at radius 3 is 2.54 bits per heavy atom. The first-order chi connectivity index (χ1) is 16.5. The molecule has 0 aliphatic carbocycles. The van der Waals surface area contributed by atoms with E-state index in [0.29, 0.717) is 0 Å². The third-order valence-corrected chi connectivity index (χ3v) is 6.85. The van der Waals surface area contributed by atoms with E-state index in [1.807, 2.05) is 0 Å². The highest BCUT2D eigenvalue weighted by Crippen LogP contribution is 2.46. The predicted octanol–water partition coefficient (Wildman–Crippen LogP) is 1.66. The summed E-state index contributed by atoms with van der Waals surface area (Å²) >= 11 is 5.09. The maximum absolute atomic E-state index is 13.5. The molecular formula is C21H28N3O9PS. The van der Waals surface area contributed by atoms with Crippen LogP contribution in [0, 0.1) is 4.77 Å². The van der Waals surface area contributed by atoms with Gasteiger partial charge in [-0.2, -0.15) is 5.09 Å². The number of benzene rings is 1. The Morgan fingerprint density at radius 1 is 1.23 bits per heavy atom. The summed E-state index contributed by atoms with van der Waals surface area (Å²) in [5, 5.41) is 23.5. The van der Waals surface area contributed by atoms with Crippen molar-refractivity contribution in [3.8, 4) is 5.75 Å². The number of nitrogens with zero attached hydrogens (tertiary/aromatic N) is 1. The van der Waals surface area contributed by atoms with Gasteiger partial charge in [0.15, 0.2) is 11.0 Å². The van der Waals surface area contributed by atoms with Crippen LogP contribution in [0.5, 0.6) is 5.75 Å². The minimum absolute atomic E-state index is 0.0208. The van der Waals surface area contributed by atoms with Gasteiger partial charge in [0.1, 0.15) is 30.1 Å². The molecule has 14 heteroatoms. The Kier molecular flexibility index (Phi) is 9.00. The van der Waals surface area contributed by atoms with Crippen molar-refractivity contribution in [1.82, 2.24) is 14.6 Å². The smallest absolute Gasteiger partial charge is 0.459 e. The van der Waals surface area contributed by atoms with Gasteiger partial charge in [0.05, 0.1) is 12.7 Å². The number of hydrogen-bond donors (Lipinski definition) is 4. The van der Waals surface area contributed by atoms with Gasteiger partial charge in [-0.25, -0.2) is 4.57 Å². The number of carbonyl (C=O) groups is 1. The van der Waals surface area contributed by atoms with Crippen molar-refractivity contribution in [3.05, 3.63) is 57.7 Å². The molecule has 0 bridgehead atoms. The van der Waals surface area contributed by atoms with E-state index < -0.39 is 56.5 Å². The zero-order chi connectivity index (χ0) is 25.8. The Balaban J connectivity index is 1.75. The van der Waals surface area contributed by atoms with E-state index in [0.717, 1.165) is 0 Å². The van der Waals surface area contributed by atoms with Crippen molar-refractivity contribution >= 4 is 25.9 Å². The van der Waals surface area contributed by atoms with E-state index in [2.05, 4.69) is 10.1 Å². The number of aliphatic hydroxyl groups excluding tert-OH is 2. The number of aliphatic hydroxyl groups is 2. The van der Waals surface area contributed by atoms with Gasteiger partial charge >= 0.3 is 13.7 Å². The molecule has 12 nitrogen and oxygen atoms in total. The number of rotatable bonds is 10. The van der Waals surface area contributed by atoms with Crippen LogP contribution in [0.15, 0.2) is 47.4 Å². The van der Waals surface area contributed by atoms with Crippen LogP contribution in [0.4, 0.5) is 0 Å². The standard InChI is InChI=1S/C21H28N3O9PS/c1-12(2)31-20(28)13(3)23-34(29,33-14-7-5-4-6-8-14)30-11-15-17(26)18(27)19(32-15)24-10-9-16(25)22-21(24)35/h4-10,12-13,15,17-19,26-27H,11H2,1-3H3,(H,23,29)(H,22,25,35)/t13-,15+,17?,18-,19+,34?/m0/s1. The molecule has 4 N–H and O–H groups in total. The summed E-state index contributed by atoms with van der Waals surface area (Å²) in [5.41, 5.74) is -0.436. The Morgan fingerprint density at radius 2 is 1.91 bits per heavy atom. The molecule has 35 heavy (non-hydrogen) atoms. The summed E-state index contributed by atoms with van der Waals surface area (Å²) in [5.74, 6) is -0.460. The highest BCUT2D eigenvalue weighted by molar-refractivity contribution is 7.71. The number of aromatic amines is 1. The fourth-order valence-corrected chi connectivity index (χ4v) is 5.00. The van der Waals surface area contributed by atoms with Crippen LogP contribution < -0.4 is 15.2 Å². The van der Waals surface area contributed by atoms with Gasteiger partial charge in [-0.1, -0.05) is 18.2 Å². The molecule has 1 aromatic carbocycles. The number of carbonyl (C=O) groups excluding carboxylic acids is 1. The highest BCUT2D eigenvalue weighted by atomic mass is 32.1. The van der Waals surface area contributed by atoms with Gasteiger partial charge in [-0.05, 0) is 45.1 Å². The minimum atomic E-state index is -4.20. The molecule has 1 saturated heterocycles. The number of H-pyrrole nitrogens is 1. The van der Waals surface area contributed by atoms with E-state index in [1.54, 1.807) is 44.2 Å². The van der Waals surface area contributed by atoms with Crippen LogP contribution in [0.2, 0.25) is 0 Å². The number of ether oxygens (including phenoxy) is 2. The third kappa shape index (κ3) is 7.07. The van der Waals surface area contributed by atoms with Gasteiger partial charge in [0, 0.05) is 12.3 Å². The molecular weight excluding hydrogens is 501 g/mol. The first kappa shape index (κ1) is 27.2. The van der Waals surface area contributed by atoms with Crippen molar-refractivity contribution in [2.45, 2.75) is 57.5 Å². The average Bonchev–Trinajstić information content (AvgIpc) is 3.06. The highest BCUT2D eigenvalue weighted by Gasteiger charge is 2.45. The first-order valence-corrected chi connectivity index (χ1v) is 12.7. The second-order valence-electron chi connectivity index (χ2n) is 8.10. The quantitative estimate of drug-likeness (QED) is 0.201. The summed E-state index contributed by atoms with van der Waals surface area (Å²) in [4.78, 5) is 26.1. The fraction of sp³-hybridized carbons (Fsp3) is 0.476. The van der Waals surface area contributed by atoms with Crippen molar-refractivity contribution in [2.75, 3.05) is 6.61 Å². The van der Waals surface area contributed by atoms with Gasteiger partial charge in [0.25, 0.3) is 5.56 Å². The molecule has 1 aromatic heterocycles. The van der Waals surface area contributed by atoms with Crippen molar-refractivity contribution < 1.29 is 38.1 Å². The van der Waals surface area contributed by atoms with Crippen LogP contribution in [0.25, 0.3) is 0 Å². The topological polar surface area (TPSA) is 161 Å². The van der Waals surface area contributed by atoms with Gasteiger partial charge < -0.3 is 24.2 Å². The molecule has 0 amide bonds. The van der Waals surface area contributed by atoms with Crippen LogP contribution in [0.1, 0.15) is 27.0 Å². The molecule has 0 spiro atoms. The number of aromatic nitrogens is 2. The van der Waals surface area contributed by atoms with Crippen LogP contribution in [-0.4, -0.2) is 62.8 Å². The largest absolute Gasteiger partial charge is 0.462 e. The van der Waals surface area contributed by atoms with E-state index in [1.165, 1.54) is 23.8 Å². The molecule has 1 aliphatic rings. The molecule has 6 atom stereocenters. The van der Waals surface area contributed by atoms with Gasteiger partial charge in [-0.15, -0.1) is 0 Å². The predicted molar refractivity (Wildman–Crippen MR) is 126 cm³/mol. The number of hydrogen-bond acceptors (Lipinski definition) is 10. The van der Waals surface area contributed by atoms with E-state index in [-0.39, 0.29) is 16.6 Å². The molecule has 2 unspecified atom stereocenters. The summed E-state index contributed by atoms with van der Waals surface area (Å²) in [6.45, 7) is 4.31. The summed E-state index contributed by atoms with van der Waals surface area (Å²) in [6.07, 6.45) is -4.22. The maximum Gasteiger partial charge on any atom is 0.459 e. The molecule has 2 aromatic rings. The van der Waals surface area contributed by atoms with Crippen molar-refractivity contribution in [3.63, 3.8) is 0 Å². The molecule has 192 valence electrons. The number of esters is 1. The summed E-state index contributed by atoms with van der Waals surface area (Å²) in [7, 11) is -4.20. The van der Waals surface area contributed by atoms with Crippen LogP contribution in [0.3, 0.4) is 0 Å². The molecule has 0 radical (unpaired) electrons. The Labute approximate surface area is 206 Å². The summed E-state index contributed by atoms with van der Waals surface area (Å²) in [6, 6.07) is 8.29. The lowest BCUT2D eigenvalue weighted by Gasteiger charge is -2.25. The maximum atomic E-state index is 13.5. The second kappa shape index (κ2) is 11.6. The number of para-hydroxylation sites is 1. The lowest BCUT2D eigenvalue weighted by atomic mass is 10.1. The first-order valence-electron chi connectivity index (χ1n) is 10.8. The molecule has 1 fully saturated rings. The molecule has 2 heterocycles. The fourth-order valence-electron chi connectivity index (χ4n) is 3.23. The SMILES string of the molecule is CC(C)OC(=O)[C@H](C)NP(=O)(OC[C@H]1O[C@@H](n2ccc(=O)[nH]c2=S)[C@@H](O)C1O)Oc1ccccc1. The van der Waals surface area contributed by atoms with E-state index >= 15 is 0 Å². The Hall–Kier alpha value is -2.38. The normalized spacial score (nSPS) is 24.6. The third-order valence-electron chi connectivity index (χ3n) is 4.90. The lowest BCUT2D eigenvalue weighted by Crippen LogP contribution is -2.38. The van der Waals surface area contributed by atoms with Crippen molar-refractivity contribution in [1.29, 1.82) is 0 Å². The zero-order valence-electron chi connectivity index (χ0n) is 19.3. The van der Waals surface area contributed by atoms with E-state index in [4.69, 9.17) is 30.7 Å². The summed E-state index contributed by atoms with van der Waals surface area (Å²) < 4.78 is 36.7. The van der Waals surface area contributed by atoms with E-state index in [9.17, 15) is 24.4 Å². The molecule has 3 rings (SSSR count). The van der Waals surface area contributed by atoms with Gasteiger partial charge in [-0.3, -0.25) is 23.7 Å². The van der Waals surface area contributed by atoms with Crippen LogP contribution in [-0.2, 0) is 23.4 Å². The number of nitrogens with one attached hydrogen (secondary N) is 2. The van der Waals surface area contributed by atoms with Crippen molar-refractivity contribution in [2.24, 2.45) is 0 Å². The van der Waals surface area contributed by atoms with Crippen LogP contribution >= 0.6 is 20.0 Å². The lowest BCUT2D eigenvalue weighted by molar-refractivity contribution is -0.149. The Bertz CT molecular complexity index is 1170.